The third-order valence-electron chi connectivity index (χ3n) is 6.56. The minimum atomic E-state index is -1.21. The summed E-state index contributed by atoms with van der Waals surface area (Å²) in [6, 6.07) is 22.0. The summed E-state index contributed by atoms with van der Waals surface area (Å²) in [6.45, 7) is 4.91. The standard InChI is InChI=1S/C31H35N3O6/c1-20(2)28(33-26(31(39)40)18-19-27(35)32-24-12-8-5-9-13-24)29(36)34(21(3)30(37)38)25-16-14-23(15-17-25)22-10-6-4-7-11-22/h4-17,20-21,26,28,33H,18-19H2,1-3H3,(H,32,35)(H,37,38)(H,39,40)/t21-,26?,28-/m0/s1. The van der Waals surface area contributed by atoms with Crippen LogP contribution in [0.3, 0.4) is 0 Å². The summed E-state index contributed by atoms with van der Waals surface area (Å²) < 4.78 is 0. The average Bonchev–Trinajstić information content (AvgIpc) is 2.94. The molecule has 3 aromatic rings. The molecule has 0 saturated carbocycles. The summed E-state index contributed by atoms with van der Waals surface area (Å²) in [4.78, 5) is 51.5. The van der Waals surface area contributed by atoms with Crippen molar-refractivity contribution in [3.05, 3.63) is 84.9 Å². The van der Waals surface area contributed by atoms with Gasteiger partial charge in [0.25, 0.3) is 0 Å². The van der Waals surface area contributed by atoms with Gasteiger partial charge in [-0.1, -0.05) is 74.5 Å². The molecule has 0 bridgehead atoms. The minimum absolute atomic E-state index is 0.0647. The normalized spacial score (nSPS) is 13.2. The van der Waals surface area contributed by atoms with Gasteiger partial charge in [-0.25, -0.2) is 4.79 Å². The third kappa shape index (κ3) is 8.00. The molecule has 3 aromatic carbocycles. The lowest BCUT2D eigenvalue weighted by atomic mass is 9.98. The second-order valence-corrected chi connectivity index (χ2v) is 9.87. The second kappa shape index (κ2) is 14.0. The molecule has 0 aliphatic rings. The van der Waals surface area contributed by atoms with Crippen LogP contribution in [0.25, 0.3) is 11.1 Å². The SMILES string of the molecule is CC(C)[C@H](NC(CCC(=O)Nc1ccccc1)C(=O)O)C(=O)N(c1ccc(-c2ccccc2)cc1)[C@@H](C)C(=O)O. The number of benzene rings is 3. The van der Waals surface area contributed by atoms with Crippen molar-refractivity contribution in [3.63, 3.8) is 0 Å². The molecule has 2 amide bonds. The highest BCUT2D eigenvalue weighted by Gasteiger charge is 2.36. The topological polar surface area (TPSA) is 136 Å². The molecule has 0 saturated heterocycles. The molecule has 0 spiro atoms. The van der Waals surface area contributed by atoms with Crippen LogP contribution in [-0.4, -0.2) is 52.1 Å². The number of rotatable bonds is 13. The molecular weight excluding hydrogens is 510 g/mol. The number of anilines is 2. The molecule has 4 N–H and O–H groups in total. The van der Waals surface area contributed by atoms with Gasteiger partial charge >= 0.3 is 11.9 Å². The number of nitrogens with one attached hydrogen (secondary N) is 2. The van der Waals surface area contributed by atoms with E-state index in [-0.39, 0.29) is 24.7 Å². The number of amides is 2. The number of para-hydroxylation sites is 1. The molecule has 0 fully saturated rings. The largest absolute Gasteiger partial charge is 0.480 e. The van der Waals surface area contributed by atoms with Crippen molar-refractivity contribution >= 4 is 35.1 Å². The highest BCUT2D eigenvalue weighted by molar-refractivity contribution is 6.02. The first-order chi connectivity index (χ1) is 19.1. The smallest absolute Gasteiger partial charge is 0.326 e. The predicted octanol–water partition coefficient (Wildman–Crippen LogP) is 4.65. The van der Waals surface area contributed by atoms with E-state index in [0.717, 1.165) is 11.1 Å². The first kappa shape index (κ1) is 30.0. The van der Waals surface area contributed by atoms with Crippen molar-refractivity contribution in [3.8, 4) is 11.1 Å². The maximum absolute atomic E-state index is 13.9. The number of carbonyl (C=O) groups excluding carboxylic acids is 2. The molecule has 3 rings (SSSR count). The predicted molar refractivity (Wildman–Crippen MR) is 154 cm³/mol. The summed E-state index contributed by atoms with van der Waals surface area (Å²) in [5, 5.41) is 25.3. The lowest BCUT2D eigenvalue weighted by Crippen LogP contribution is -2.57. The summed E-state index contributed by atoms with van der Waals surface area (Å²) in [6.07, 6.45) is -0.154. The summed E-state index contributed by atoms with van der Waals surface area (Å²) in [5.74, 6) is -3.71. The number of nitrogens with zero attached hydrogens (tertiary/aromatic N) is 1. The molecule has 0 aromatic heterocycles. The summed E-state index contributed by atoms with van der Waals surface area (Å²) in [7, 11) is 0. The van der Waals surface area contributed by atoms with E-state index in [1.54, 1.807) is 50.2 Å². The fourth-order valence-electron chi connectivity index (χ4n) is 4.31. The number of carboxylic acids is 2. The fourth-order valence-corrected chi connectivity index (χ4v) is 4.31. The van der Waals surface area contributed by atoms with Crippen LogP contribution in [0.2, 0.25) is 0 Å². The zero-order chi connectivity index (χ0) is 29.2. The van der Waals surface area contributed by atoms with Crippen LogP contribution in [0.4, 0.5) is 11.4 Å². The zero-order valence-corrected chi connectivity index (χ0v) is 22.8. The first-order valence-corrected chi connectivity index (χ1v) is 13.1. The zero-order valence-electron chi connectivity index (χ0n) is 22.8. The van der Waals surface area contributed by atoms with Crippen molar-refractivity contribution in [2.24, 2.45) is 5.92 Å². The van der Waals surface area contributed by atoms with Crippen LogP contribution < -0.4 is 15.5 Å². The van der Waals surface area contributed by atoms with Crippen LogP contribution in [0, 0.1) is 5.92 Å². The van der Waals surface area contributed by atoms with E-state index in [0.29, 0.717) is 11.4 Å². The van der Waals surface area contributed by atoms with Crippen LogP contribution in [0.5, 0.6) is 0 Å². The van der Waals surface area contributed by atoms with Gasteiger partial charge in [0.2, 0.25) is 11.8 Å². The Labute approximate surface area is 233 Å². The van der Waals surface area contributed by atoms with Gasteiger partial charge in [-0.3, -0.25) is 24.6 Å². The van der Waals surface area contributed by atoms with Gasteiger partial charge in [0.15, 0.2) is 0 Å². The molecule has 40 heavy (non-hydrogen) atoms. The Kier molecular flexibility index (Phi) is 10.6. The van der Waals surface area contributed by atoms with Gasteiger partial charge < -0.3 is 15.5 Å². The van der Waals surface area contributed by atoms with E-state index < -0.39 is 36.0 Å². The molecule has 3 atom stereocenters. The average molecular weight is 546 g/mol. The Morgan fingerprint density at radius 2 is 1.30 bits per heavy atom. The summed E-state index contributed by atoms with van der Waals surface area (Å²) >= 11 is 0. The van der Waals surface area contributed by atoms with Crippen LogP contribution in [0.1, 0.15) is 33.6 Å². The highest BCUT2D eigenvalue weighted by Crippen LogP contribution is 2.26. The maximum Gasteiger partial charge on any atom is 0.326 e. The lowest BCUT2D eigenvalue weighted by molar-refractivity contribution is -0.142. The quantitative estimate of drug-likeness (QED) is 0.246. The van der Waals surface area contributed by atoms with E-state index in [4.69, 9.17) is 0 Å². The Morgan fingerprint density at radius 3 is 1.82 bits per heavy atom. The van der Waals surface area contributed by atoms with E-state index in [9.17, 15) is 29.4 Å². The molecule has 0 heterocycles. The minimum Gasteiger partial charge on any atom is -0.480 e. The van der Waals surface area contributed by atoms with Gasteiger partial charge in [0.1, 0.15) is 12.1 Å². The van der Waals surface area contributed by atoms with Crippen LogP contribution in [-0.2, 0) is 19.2 Å². The van der Waals surface area contributed by atoms with Crippen molar-refractivity contribution in [1.29, 1.82) is 0 Å². The Hall–Kier alpha value is -4.50. The number of aliphatic carboxylic acids is 2. The monoisotopic (exact) mass is 545 g/mol. The highest BCUT2D eigenvalue weighted by atomic mass is 16.4. The number of hydrogen-bond donors (Lipinski definition) is 4. The molecule has 9 heteroatoms. The molecule has 0 aliphatic carbocycles. The van der Waals surface area contributed by atoms with Gasteiger partial charge in [-0.05, 0) is 54.7 Å². The summed E-state index contributed by atoms with van der Waals surface area (Å²) in [5.41, 5.74) is 2.85. The van der Waals surface area contributed by atoms with E-state index in [2.05, 4.69) is 10.6 Å². The van der Waals surface area contributed by atoms with Crippen molar-refractivity contribution in [2.75, 3.05) is 10.2 Å². The Morgan fingerprint density at radius 1 is 0.750 bits per heavy atom. The Bertz CT molecular complexity index is 1300. The number of carbonyl (C=O) groups is 4. The van der Waals surface area contributed by atoms with E-state index >= 15 is 0 Å². The van der Waals surface area contributed by atoms with Gasteiger partial charge in [-0.15, -0.1) is 0 Å². The van der Waals surface area contributed by atoms with Crippen LogP contribution >= 0.6 is 0 Å². The maximum atomic E-state index is 13.9. The van der Waals surface area contributed by atoms with Gasteiger partial charge in [0, 0.05) is 17.8 Å². The molecule has 210 valence electrons. The van der Waals surface area contributed by atoms with Crippen molar-refractivity contribution in [1.82, 2.24) is 5.32 Å². The van der Waals surface area contributed by atoms with Crippen LogP contribution in [0.15, 0.2) is 84.9 Å². The van der Waals surface area contributed by atoms with E-state index in [1.165, 1.54) is 11.8 Å². The molecule has 0 radical (unpaired) electrons. The van der Waals surface area contributed by atoms with Gasteiger partial charge in [0.05, 0.1) is 6.04 Å². The first-order valence-electron chi connectivity index (χ1n) is 13.1. The number of carboxylic acid groups (broad SMARTS) is 2. The molecular formula is C31H35N3O6. The second-order valence-electron chi connectivity index (χ2n) is 9.87. The molecule has 1 unspecified atom stereocenters. The van der Waals surface area contributed by atoms with Crippen molar-refractivity contribution < 1.29 is 29.4 Å². The third-order valence-corrected chi connectivity index (χ3v) is 6.56. The molecule has 9 nitrogen and oxygen atoms in total. The lowest BCUT2D eigenvalue weighted by Gasteiger charge is -2.34. The van der Waals surface area contributed by atoms with Gasteiger partial charge in [-0.2, -0.15) is 0 Å². The van der Waals surface area contributed by atoms with E-state index in [1.807, 2.05) is 48.5 Å². The molecule has 0 aliphatic heterocycles. The van der Waals surface area contributed by atoms with Crippen molar-refractivity contribution in [2.45, 2.75) is 51.7 Å². The fraction of sp³-hybridized carbons (Fsp3) is 0.290. The Balaban J connectivity index is 1.80. The number of hydrogen-bond acceptors (Lipinski definition) is 5.